The minimum atomic E-state index is -3.38. The summed E-state index contributed by atoms with van der Waals surface area (Å²) < 4.78 is 33.6. The molecule has 174 valence electrons. The molecule has 0 aliphatic carbocycles. The van der Waals surface area contributed by atoms with Crippen molar-refractivity contribution in [2.45, 2.75) is 26.3 Å². The summed E-state index contributed by atoms with van der Waals surface area (Å²) in [4.78, 5) is 21.4. The Kier molecular flexibility index (Phi) is 5.74. The number of aryl methyl sites for hydroxylation is 1. The molecule has 12 heteroatoms. The van der Waals surface area contributed by atoms with Gasteiger partial charge in [-0.15, -0.1) is 4.40 Å². The van der Waals surface area contributed by atoms with Gasteiger partial charge in [0.15, 0.2) is 5.84 Å². The number of nitrogens with zero attached hydrogens (tertiary/aromatic N) is 4. The first-order chi connectivity index (χ1) is 15.5. The lowest BCUT2D eigenvalue weighted by Crippen LogP contribution is -2.48. The van der Waals surface area contributed by atoms with Gasteiger partial charge < -0.3 is 15.8 Å². The van der Waals surface area contributed by atoms with Crippen LogP contribution in [0.3, 0.4) is 0 Å². The summed E-state index contributed by atoms with van der Waals surface area (Å²) in [6.45, 7) is 5.63. The van der Waals surface area contributed by atoms with Gasteiger partial charge in [0, 0.05) is 24.2 Å². The largest absolute Gasteiger partial charge is 0.490 e. The Morgan fingerprint density at radius 2 is 2.06 bits per heavy atom. The van der Waals surface area contributed by atoms with E-state index >= 15 is 0 Å². The smallest absolute Gasteiger partial charge is 0.252 e. The Labute approximate surface area is 192 Å². The fourth-order valence-corrected chi connectivity index (χ4v) is 4.22. The van der Waals surface area contributed by atoms with Crippen molar-refractivity contribution in [3.63, 3.8) is 0 Å². The molecule has 1 aromatic carbocycles. The van der Waals surface area contributed by atoms with Crippen molar-refractivity contribution in [3.05, 3.63) is 65.9 Å². The Balaban J connectivity index is 1.47. The standard InChI is InChI=1S/C21H25N7O4S/c1-13-23-9-10-28(13)17-11-14(7-8-24-17)20(29)25-21(2,3)12-32-16-6-4-5-15-18(16)19(22)27-33(30,31)26-15/h4-11,26,30-31H,12H2,1-3H3,(H2,22,27)(H,25,29). The van der Waals surface area contributed by atoms with Gasteiger partial charge in [0.05, 0.1) is 16.8 Å². The second-order valence-corrected chi connectivity index (χ2v) is 9.57. The summed E-state index contributed by atoms with van der Waals surface area (Å²) in [7, 11) is -3.38. The van der Waals surface area contributed by atoms with Gasteiger partial charge in [-0.1, -0.05) is 6.07 Å². The van der Waals surface area contributed by atoms with Crippen molar-refractivity contribution in [3.8, 4) is 11.6 Å². The highest BCUT2D eigenvalue weighted by Crippen LogP contribution is 2.46. The van der Waals surface area contributed by atoms with Crippen molar-refractivity contribution < 1.29 is 18.6 Å². The SMILES string of the molecule is Cc1nccn1-c1cc(C(=O)NC(C)(C)COc2cccc3c2C(N)=NS(O)(O)N3)ccn1. The Morgan fingerprint density at radius 1 is 1.27 bits per heavy atom. The fourth-order valence-electron chi connectivity index (χ4n) is 3.34. The maximum Gasteiger partial charge on any atom is 0.252 e. The maximum atomic E-state index is 12.9. The van der Waals surface area contributed by atoms with Gasteiger partial charge in [-0.05, 0) is 56.0 Å². The van der Waals surface area contributed by atoms with Crippen LogP contribution in [0.2, 0.25) is 0 Å². The molecule has 1 aliphatic heterocycles. The minimum Gasteiger partial charge on any atom is -0.490 e. The van der Waals surface area contributed by atoms with Gasteiger partial charge in [0.1, 0.15) is 24.0 Å². The number of imidazole rings is 1. The second kappa shape index (κ2) is 8.39. The third-order valence-corrected chi connectivity index (χ3v) is 5.82. The van der Waals surface area contributed by atoms with E-state index in [4.69, 9.17) is 10.5 Å². The molecule has 0 spiro atoms. The molecule has 1 amide bonds. The molecule has 1 aliphatic rings. The number of benzene rings is 1. The highest BCUT2D eigenvalue weighted by Gasteiger charge is 2.27. The molecular weight excluding hydrogens is 446 g/mol. The van der Waals surface area contributed by atoms with Crippen LogP contribution in [0.25, 0.3) is 5.82 Å². The highest BCUT2D eigenvalue weighted by atomic mass is 32.3. The summed E-state index contributed by atoms with van der Waals surface area (Å²) in [5.41, 5.74) is 6.47. The lowest BCUT2D eigenvalue weighted by Gasteiger charge is -2.34. The van der Waals surface area contributed by atoms with E-state index in [9.17, 15) is 13.9 Å². The van der Waals surface area contributed by atoms with E-state index < -0.39 is 16.5 Å². The van der Waals surface area contributed by atoms with E-state index in [2.05, 4.69) is 24.4 Å². The zero-order chi connectivity index (χ0) is 23.8. The van der Waals surface area contributed by atoms with Gasteiger partial charge in [-0.2, -0.15) is 0 Å². The molecule has 0 radical (unpaired) electrons. The quantitative estimate of drug-likeness (QED) is 0.367. The third-order valence-electron chi connectivity index (χ3n) is 4.88. The number of rotatable bonds is 6. The highest BCUT2D eigenvalue weighted by molar-refractivity contribution is 8.24. The van der Waals surface area contributed by atoms with Crippen LogP contribution in [0.5, 0.6) is 5.75 Å². The number of amidine groups is 1. The number of carbonyl (C=O) groups excluding carboxylic acids is 1. The molecule has 0 bridgehead atoms. The first-order valence-corrected chi connectivity index (χ1v) is 11.5. The lowest BCUT2D eigenvalue weighted by atomic mass is 10.1. The molecule has 0 saturated carbocycles. The molecule has 33 heavy (non-hydrogen) atoms. The zero-order valence-corrected chi connectivity index (χ0v) is 19.1. The van der Waals surface area contributed by atoms with Gasteiger partial charge in [0.2, 0.25) is 0 Å². The molecular formula is C21H25N7O4S. The van der Waals surface area contributed by atoms with E-state index in [1.54, 1.807) is 53.5 Å². The summed E-state index contributed by atoms with van der Waals surface area (Å²) in [6.07, 6.45) is 5.02. The third kappa shape index (κ3) is 4.92. The molecule has 3 heterocycles. The number of carbonyl (C=O) groups is 1. The first kappa shape index (κ1) is 22.6. The molecule has 2 aromatic heterocycles. The average Bonchev–Trinajstić information content (AvgIpc) is 3.17. The van der Waals surface area contributed by atoms with Crippen molar-refractivity contribution in [1.29, 1.82) is 0 Å². The topological polar surface area (TPSA) is 160 Å². The Bertz CT molecular complexity index is 1240. The number of pyridine rings is 1. The monoisotopic (exact) mass is 471 g/mol. The van der Waals surface area contributed by atoms with E-state index in [1.165, 1.54) is 0 Å². The molecule has 0 fully saturated rings. The molecule has 6 N–H and O–H groups in total. The van der Waals surface area contributed by atoms with Gasteiger partial charge >= 0.3 is 0 Å². The first-order valence-electron chi connectivity index (χ1n) is 10.0. The van der Waals surface area contributed by atoms with Crippen LogP contribution in [-0.4, -0.2) is 47.5 Å². The van der Waals surface area contributed by atoms with Gasteiger partial charge in [0.25, 0.3) is 5.91 Å². The molecule has 0 unspecified atom stereocenters. The number of ether oxygens (including phenoxy) is 1. The van der Waals surface area contributed by atoms with E-state index in [-0.39, 0.29) is 18.3 Å². The lowest BCUT2D eigenvalue weighted by molar-refractivity contribution is 0.0880. The summed E-state index contributed by atoms with van der Waals surface area (Å²) >= 11 is 0. The summed E-state index contributed by atoms with van der Waals surface area (Å²) in [5, 5.41) is 2.96. The molecule has 0 saturated heterocycles. The van der Waals surface area contributed by atoms with Crippen LogP contribution in [0.15, 0.2) is 53.3 Å². The van der Waals surface area contributed by atoms with Gasteiger partial charge in [-0.25, -0.2) is 9.97 Å². The van der Waals surface area contributed by atoms with Crippen molar-refractivity contribution in [2.75, 3.05) is 11.3 Å². The number of amides is 1. The number of nitrogens with one attached hydrogen (secondary N) is 2. The molecule has 4 rings (SSSR count). The van der Waals surface area contributed by atoms with Crippen molar-refractivity contribution in [2.24, 2.45) is 10.1 Å². The summed E-state index contributed by atoms with van der Waals surface area (Å²) in [6, 6.07) is 8.36. The van der Waals surface area contributed by atoms with E-state index in [0.717, 1.165) is 5.82 Å². The van der Waals surface area contributed by atoms with Crippen molar-refractivity contribution >= 4 is 28.4 Å². The zero-order valence-electron chi connectivity index (χ0n) is 18.3. The Hall–Kier alpha value is -3.61. The van der Waals surface area contributed by atoms with Gasteiger partial charge in [-0.3, -0.25) is 23.2 Å². The predicted molar refractivity (Wildman–Crippen MR) is 127 cm³/mol. The fraction of sp³-hybridized carbons (Fsp3) is 0.238. The van der Waals surface area contributed by atoms with Crippen LogP contribution in [-0.2, 0) is 0 Å². The molecule has 3 aromatic rings. The average molecular weight is 472 g/mol. The minimum absolute atomic E-state index is 0.0414. The number of hydrogen-bond acceptors (Lipinski definition) is 9. The van der Waals surface area contributed by atoms with Crippen LogP contribution in [0, 0.1) is 6.92 Å². The number of fused-ring (bicyclic) bond motifs is 1. The van der Waals surface area contributed by atoms with Crippen LogP contribution < -0.4 is 20.5 Å². The van der Waals surface area contributed by atoms with Crippen molar-refractivity contribution in [1.82, 2.24) is 19.9 Å². The predicted octanol–water partition coefficient (Wildman–Crippen LogP) is 2.87. The van der Waals surface area contributed by atoms with Crippen LogP contribution in [0.4, 0.5) is 5.69 Å². The van der Waals surface area contributed by atoms with Crippen LogP contribution in [0.1, 0.15) is 35.6 Å². The summed E-state index contributed by atoms with van der Waals surface area (Å²) in [5.74, 6) is 1.44. The maximum absolute atomic E-state index is 12.9. The van der Waals surface area contributed by atoms with E-state index in [1.807, 2.05) is 20.8 Å². The number of anilines is 1. The van der Waals surface area contributed by atoms with Crippen LogP contribution >= 0.6 is 11.0 Å². The Morgan fingerprint density at radius 3 is 2.79 bits per heavy atom. The van der Waals surface area contributed by atoms with E-state index in [0.29, 0.717) is 28.4 Å². The molecule has 0 atom stereocenters. The second-order valence-electron chi connectivity index (χ2n) is 8.15. The normalized spacial score (nSPS) is 15.6. The number of nitrogens with two attached hydrogens (primary N) is 1. The number of aromatic nitrogens is 3. The molecule has 11 nitrogen and oxygen atoms in total. The number of hydrogen-bond donors (Lipinski definition) is 5.